The van der Waals surface area contributed by atoms with Crippen molar-refractivity contribution in [3.05, 3.63) is 38.3 Å². The van der Waals surface area contributed by atoms with E-state index in [-0.39, 0.29) is 17.9 Å². The second-order valence-corrected chi connectivity index (χ2v) is 4.94. The molecular weight excluding hydrogens is 252 g/mol. The van der Waals surface area contributed by atoms with Gasteiger partial charge in [-0.2, -0.15) is 0 Å². The van der Waals surface area contributed by atoms with Crippen molar-refractivity contribution >= 4 is 11.7 Å². The molecule has 19 heavy (non-hydrogen) atoms. The van der Waals surface area contributed by atoms with Gasteiger partial charge in [-0.05, 0) is 27.7 Å². The van der Waals surface area contributed by atoms with Crippen LogP contribution in [0.15, 0.2) is 17.1 Å². The Labute approximate surface area is 110 Å². The first kappa shape index (κ1) is 14.9. The second kappa shape index (κ2) is 5.21. The molecule has 0 amide bonds. The highest BCUT2D eigenvalue weighted by molar-refractivity contribution is 5.89. The van der Waals surface area contributed by atoms with E-state index in [0.29, 0.717) is 0 Å². The van der Waals surface area contributed by atoms with Crippen LogP contribution < -0.4 is 5.56 Å². The van der Waals surface area contributed by atoms with Gasteiger partial charge in [0.25, 0.3) is 11.2 Å². The van der Waals surface area contributed by atoms with Gasteiger partial charge in [0.05, 0.1) is 17.7 Å². The first-order valence-electron chi connectivity index (χ1n) is 5.77. The highest BCUT2D eigenvalue weighted by Gasteiger charge is 2.24. The Morgan fingerprint density at radius 1 is 1.47 bits per heavy atom. The maximum atomic E-state index is 12.1. The lowest BCUT2D eigenvalue weighted by Gasteiger charge is -2.22. The average molecular weight is 268 g/mol. The summed E-state index contributed by atoms with van der Waals surface area (Å²) in [5.74, 6) is -0.853. The molecule has 0 bridgehead atoms. The Morgan fingerprint density at radius 3 is 2.47 bits per heavy atom. The van der Waals surface area contributed by atoms with E-state index in [4.69, 9.17) is 4.74 Å². The van der Waals surface area contributed by atoms with Crippen molar-refractivity contribution in [3.63, 3.8) is 0 Å². The maximum absolute atomic E-state index is 12.1. The molecule has 0 N–H and O–H groups in total. The zero-order valence-electron chi connectivity index (χ0n) is 11.3. The first-order chi connectivity index (χ1) is 8.68. The van der Waals surface area contributed by atoms with Crippen molar-refractivity contribution in [1.82, 2.24) is 4.57 Å². The second-order valence-electron chi connectivity index (χ2n) is 4.94. The third kappa shape index (κ3) is 3.18. The molecule has 0 aliphatic rings. The molecular formula is C12H16N2O5. The Kier molecular flexibility index (Phi) is 4.08. The number of hydrogen-bond donors (Lipinski definition) is 0. The standard InChI is InChI=1S/C12H16N2O5/c1-5-19-11(16)9-6-8(14(17)18)7-13(10(9)15)12(2,3)4/h6-7H,5H2,1-4H3. The third-order valence-electron chi connectivity index (χ3n) is 2.43. The van der Waals surface area contributed by atoms with Crippen molar-refractivity contribution in [1.29, 1.82) is 0 Å². The van der Waals surface area contributed by atoms with Crippen molar-refractivity contribution in [3.8, 4) is 0 Å². The summed E-state index contributed by atoms with van der Waals surface area (Å²) in [6, 6.07) is 0.947. The number of esters is 1. The quantitative estimate of drug-likeness (QED) is 0.472. The SMILES string of the molecule is CCOC(=O)c1cc([N+](=O)[O-])cn(C(C)(C)C)c1=O. The molecule has 7 heteroatoms. The van der Waals surface area contributed by atoms with Gasteiger partial charge in [-0.25, -0.2) is 4.79 Å². The van der Waals surface area contributed by atoms with Crippen molar-refractivity contribution < 1.29 is 14.5 Å². The van der Waals surface area contributed by atoms with Crippen molar-refractivity contribution in [2.45, 2.75) is 33.2 Å². The number of carbonyl (C=O) groups excluding carboxylic acids is 1. The number of pyridine rings is 1. The van der Waals surface area contributed by atoms with Crippen LogP contribution in [0.4, 0.5) is 5.69 Å². The van der Waals surface area contributed by atoms with Gasteiger partial charge in [-0.3, -0.25) is 14.9 Å². The normalized spacial score (nSPS) is 11.2. The van der Waals surface area contributed by atoms with E-state index < -0.39 is 22.0 Å². The van der Waals surface area contributed by atoms with E-state index >= 15 is 0 Å². The van der Waals surface area contributed by atoms with Crippen LogP contribution in [0.1, 0.15) is 38.1 Å². The van der Waals surface area contributed by atoms with Crippen LogP contribution >= 0.6 is 0 Å². The number of nitrogens with zero attached hydrogens (tertiary/aromatic N) is 2. The highest BCUT2D eigenvalue weighted by atomic mass is 16.6. The largest absolute Gasteiger partial charge is 0.462 e. The number of aromatic nitrogens is 1. The minimum Gasteiger partial charge on any atom is -0.462 e. The van der Waals surface area contributed by atoms with Gasteiger partial charge in [0.2, 0.25) is 0 Å². The van der Waals surface area contributed by atoms with Crippen LogP contribution in [0, 0.1) is 10.1 Å². The summed E-state index contributed by atoms with van der Waals surface area (Å²) in [5, 5.41) is 10.9. The summed E-state index contributed by atoms with van der Waals surface area (Å²) in [7, 11) is 0. The molecule has 0 aliphatic carbocycles. The maximum Gasteiger partial charge on any atom is 0.344 e. The predicted molar refractivity (Wildman–Crippen MR) is 68.3 cm³/mol. The fraction of sp³-hybridized carbons (Fsp3) is 0.500. The molecule has 0 radical (unpaired) electrons. The van der Waals surface area contributed by atoms with Gasteiger partial charge >= 0.3 is 5.97 Å². The van der Waals surface area contributed by atoms with Crippen LogP contribution in [0.2, 0.25) is 0 Å². The molecule has 104 valence electrons. The smallest absolute Gasteiger partial charge is 0.344 e. The lowest BCUT2D eigenvalue weighted by molar-refractivity contribution is -0.385. The number of ether oxygens (including phenoxy) is 1. The van der Waals surface area contributed by atoms with Crippen LogP contribution in [0.25, 0.3) is 0 Å². The molecule has 0 unspecified atom stereocenters. The van der Waals surface area contributed by atoms with Gasteiger partial charge < -0.3 is 9.30 Å². The Bertz CT molecular complexity index is 568. The van der Waals surface area contributed by atoms with Gasteiger partial charge in [-0.15, -0.1) is 0 Å². The summed E-state index contributed by atoms with van der Waals surface area (Å²) in [6.45, 7) is 6.83. The molecule has 1 heterocycles. The fourth-order valence-electron chi connectivity index (χ4n) is 1.52. The first-order valence-corrected chi connectivity index (χ1v) is 5.77. The monoisotopic (exact) mass is 268 g/mol. The Hall–Kier alpha value is -2.18. The number of carbonyl (C=O) groups is 1. The van der Waals surface area contributed by atoms with Crippen molar-refractivity contribution in [2.75, 3.05) is 6.61 Å². The zero-order chi connectivity index (χ0) is 14.8. The average Bonchev–Trinajstić information content (AvgIpc) is 2.27. The minimum atomic E-state index is -0.853. The summed E-state index contributed by atoms with van der Waals surface area (Å²) in [4.78, 5) is 34.0. The molecule has 1 aromatic rings. The van der Waals surface area contributed by atoms with Gasteiger partial charge in [0.15, 0.2) is 0 Å². The summed E-state index contributed by atoms with van der Waals surface area (Å²) in [6.07, 6.45) is 1.13. The fourth-order valence-corrected chi connectivity index (χ4v) is 1.52. The van der Waals surface area contributed by atoms with Crippen molar-refractivity contribution in [2.24, 2.45) is 0 Å². The topological polar surface area (TPSA) is 91.4 Å². The molecule has 1 rings (SSSR count). The summed E-state index contributed by atoms with van der Waals surface area (Å²) >= 11 is 0. The highest BCUT2D eigenvalue weighted by Crippen LogP contribution is 2.17. The van der Waals surface area contributed by atoms with E-state index in [2.05, 4.69) is 0 Å². The third-order valence-corrected chi connectivity index (χ3v) is 2.43. The molecule has 0 atom stereocenters. The van der Waals surface area contributed by atoms with E-state index in [9.17, 15) is 19.7 Å². The van der Waals surface area contributed by atoms with E-state index in [1.807, 2.05) is 0 Å². The van der Waals surface area contributed by atoms with E-state index in [1.165, 1.54) is 0 Å². The lowest BCUT2D eigenvalue weighted by Crippen LogP contribution is -2.36. The van der Waals surface area contributed by atoms with Crippen LogP contribution in [0.5, 0.6) is 0 Å². The number of nitro groups is 1. The molecule has 0 spiro atoms. The summed E-state index contributed by atoms with van der Waals surface area (Å²) in [5.41, 5.74) is -1.93. The molecule has 1 aromatic heterocycles. The Morgan fingerprint density at radius 2 is 2.05 bits per heavy atom. The molecule has 0 fully saturated rings. The van der Waals surface area contributed by atoms with E-state index in [0.717, 1.165) is 16.8 Å². The van der Waals surface area contributed by atoms with Crippen LogP contribution in [-0.4, -0.2) is 22.1 Å². The zero-order valence-corrected chi connectivity index (χ0v) is 11.3. The predicted octanol–water partition coefficient (Wildman–Crippen LogP) is 1.69. The molecule has 7 nitrogen and oxygen atoms in total. The van der Waals surface area contributed by atoms with Gasteiger partial charge in [0, 0.05) is 11.6 Å². The summed E-state index contributed by atoms with van der Waals surface area (Å²) < 4.78 is 5.90. The number of hydrogen-bond acceptors (Lipinski definition) is 5. The minimum absolute atomic E-state index is 0.0937. The number of rotatable bonds is 3. The van der Waals surface area contributed by atoms with Crippen LogP contribution in [-0.2, 0) is 10.3 Å². The van der Waals surface area contributed by atoms with Gasteiger partial charge in [0.1, 0.15) is 5.56 Å². The van der Waals surface area contributed by atoms with E-state index in [1.54, 1.807) is 27.7 Å². The molecule has 0 aromatic carbocycles. The van der Waals surface area contributed by atoms with Crippen LogP contribution in [0.3, 0.4) is 0 Å². The van der Waals surface area contributed by atoms with Gasteiger partial charge in [-0.1, -0.05) is 0 Å². The molecule has 0 saturated heterocycles. The Balaban J connectivity index is 3.55. The molecule has 0 saturated carbocycles. The lowest BCUT2D eigenvalue weighted by atomic mass is 10.1. The molecule has 0 aliphatic heterocycles.